The fourth-order valence-electron chi connectivity index (χ4n) is 10.1. The molecular weight excluding hydrogens is 753 g/mol. The SMILES string of the molecule is C=C(C)c1cccc2c1c1c3ccccc3c3c4cc(-c5cccc6cnccc56)ccc4sc3c1n2C1=CC(C)c2c(sc3ccccc23)C(c2ccccc2)=C1C. The van der Waals surface area contributed by atoms with E-state index in [9.17, 15) is 0 Å². The van der Waals surface area contributed by atoms with Crippen LogP contribution in [0.2, 0.25) is 0 Å². The minimum atomic E-state index is 0.168. The molecule has 1 aliphatic rings. The first-order valence-corrected chi connectivity index (χ1v) is 21.9. The highest BCUT2D eigenvalue weighted by Crippen LogP contribution is 2.53. The lowest BCUT2D eigenvalue weighted by molar-refractivity contribution is 0.977. The highest BCUT2D eigenvalue weighted by atomic mass is 32.1. The van der Waals surface area contributed by atoms with Crippen molar-refractivity contribution >= 4 is 113 Å². The maximum Gasteiger partial charge on any atom is 0.0726 e. The Morgan fingerprint density at radius 1 is 0.661 bits per heavy atom. The van der Waals surface area contributed by atoms with Gasteiger partial charge in [0.1, 0.15) is 0 Å². The maximum absolute atomic E-state index is 4.55. The number of allylic oxidation sites excluding steroid dienone is 4. The third-order valence-corrected chi connectivity index (χ3v) is 15.0. The topological polar surface area (TPSA) is 17.8 Å². The first kappa shape index (κ1) is 34.5. The molecule has 59 heavy (non-hydrogen) atoms. The van der Waals surface area contributed by atoms with Gasteiger partial charge < -0.3 is 4.57 Å². The van der Waals surface area contributed by atoms with E-state index in [0.717, 1.165) is 11.0 Å². The molecule has 12 rings (SSSR count). The molecule has 11 aromatic rings. The third-order valence-electron chi connectivity index (χ3n) is 12.6. The molecule has 0 fully saturated rings. The molecule has 7 aromatic carbocycles. The van der Waals surface area contributed by atoms with E-state index in [1.54, 1.807) is 0 Å². The van der Waals surface area contributed by atoms with Crippen LogP contribution in [0.25, 0.3) is 102 Å². The number of thiophene rings is 2. The van der Waals surface area contributed by atoms with Crippen molar-refractivity contribution < 1.29 is 0 Å². The smallest absolute Gasteiger partial charge is 0.0726 e. The number of benzene rings is 7. The van der Waals surface area contributed by atoms with Gasteiger partial charge in [0.2, 0.25) is 0 Å². The molecule has 0 spiro atoms. The zero-order valence-electron chi connectivity index (χ0n) is 33.0. The van der Waals surface area contributed by atoms with Crippen LogP contribution >= 0.6 is 22.7 Å². The molecule has 4 heteroatoms. The number of fused-ring (bicyclic) bond motifs is 14. The summed E-state index contributed by atoms with van der Waals surface area (Å²) in [5, 5.41) is 11.4. The van der Waals surface area contributed by atoms with E-state index in [2.05, 4.69) is 183 Å². The summed E-state index contributed by atoms with van der Waals surface area (Å²) in [5.74, 6) is 0.168. The predicted molar refractivity (Wildman–Crippen MR) is 258 cm³/mol. The summed E-state index contributed by atoms with van der Waals surface area (Å²) < 4.78 is 6.56. The Balaban J connectivity index is 1.26. The average Bonchev–Trinajstić information content (AvgIpc) is 3.94. The largest absolute Gasteiger partial charge is 0.308 e. The lowest BCUT2D eigenvalue weighted by Crippen LogP contribution is -2.02. The fraction of sp³-hybridized carbons (Fsp3) is 0.0727. The van der Waals surface area contributed by atoms with Gasteiger partial charge in [0.05, 0.1) is 15.7 Å². The molecule has 1 aliphatic carbocycles. The number of rotatable bonds is 4. The second-order valence-corrected chi connectivity index (χ2v) is 18.2. The Hall–Kier alpha value is -6.59. The predicted octanol–water partition coefficient (Wildman–Crippen LogP) is 16.3. The van der Waals surface area contributed by atoms with Crippen molar-refractivity contribution in [3.05, 3.63) is 192 Å². The normalized spacial score (nSPS) is 14.6. The maximum atomic E-state index is 4.55. The van der Waals surface area contributed by atoms with Crippen molar-refractivity contribution in [2.45, 2.75) is 26.7 Å². The van der Waals surface area contributed by atoms with Crippen LogP contribution in [-0.4, -0.2) is 9.55 Å². The summed E-state index contributed by atoms with van der Waals surface area (Å²) in [5.41, 5.74) is 13.7. The summed E-state index contributed by atoms with van der Waals surface area (Å²) >= 11 is 3.85. The second kappa shape index (κ2) is 13.0. The molecular formula is C55H38N2S2. The molecule has 0 bridgehead atoms. The van der Waals surface area contributed by atoms with Gasteiger partial charge in [0.15, 0.2) is 0 Å². The van der Waals surface area contributed by atoms with Gasteiger partial charge in [-0.25, -0.2) is 0 Å². The van der Waals surface area contributed by atoms with E-state index in [4.69, 9.17) is 0 Å². The molecule has 4 heterocycles. The van der Waals surface area contributed by atoms with Gasteiger partial charge >= 0.3 is 0 Å². The van der Waals surface area contributed by atoms with Gasteiger partial charge in [0.25, 0.3) is 0 Å². The first-order chi connectivity index (χ1) is 29.0. The zero-order valence-corrected chi connectivity index (χ0v) is 34.6. The highest BCUT2D eigenvalue weighted by molar-refractivity contribution is 7.27. The van der Waals surface area contributed by atoms with Crippen LogP contribution in [-0.2, 0) is 0 Å². The summed E-state index contributed by atoms with van der Waals surface area (Å²) in [6.45, 7) is 11.4. The molecule has 0 radical (unpaired) electrons. The Morgan fingerprint density at radius 3 is 2.24 bits per heavy atom. The second-order valence-electron chi connectivity index (χ2n) is 16.1. The Labute approximate surface area is 350 Å². The van der Waals surface area contributed by atoms with Crippen LogP contribution in [0.15, 0.2) is 170 Å². The number of aromatic nitrogens is 2. The van der Waals surface area contributed by atoms with E-state index in [1.165, 1.54) is 118 Å². The van der Waals surface area contributed by atoms with Gasteiger partial charge in [-0.1, -0.05) is 134 Å². The van der Waals surface area contributed by atoms with Crippen molar-refractivity contribution in [3.63, 3.8) is 0 Å². The van der Waals surface area contributed by atoms with Crippen LogP contribution in [0.1, 0.15) is 48.3 Å². The van der Waals surface area contributed by atoms with Gasteiger partial charge in [-0.05, 0) is 99.1 Å². The minimum absolute atomic E-state index is 0.168. The van der Waals surface area contributed by atoms with Gasteiger partial charge in [0, 0.05) is 70.8 Å². The lowest BCUT2D eigenvalue weighted by Gasteiger charge is -2.18. The van der Waals surface area contributed by atoms with E-state index in [0.29, 0.717) is 0 Å². The van der Waals surface area contributed by atoms with Crippen LogP contribution < -0.4 is 0 Å². The average molecular weight is 791 g/mol. The molecule has 280 valence electrons. The van der Waals surface area contributed by atoms with E-state index < -0.39 is 0 Å². The van der Waals surface area contributed by atoms with Crippen LogP contribution in [0.4, 0.5) is 0 Å². The van der Waals surface area contributed by atoms with Crippen molar-refractivity contribution in [1.82, 2.24) is 9.55 Å². The Bertz CT molecular complexity index is 3660. The summed E-state index contributed by atoms with van der Waals surface area (Å²) in [7, 11) is 0. The first-order valence-electron chi connectivity index (χ1n) is 20.3. The van der Waals surface area contributed by atoms with Crippen molar-refractivity contribution in [1.29, 1.82) is 0 Å². The quantitative estimate of drug-likeness (QED) is 0.174. The number of pyridine rings is 1. The molecule has 1 unspecified atom stereocenters. The highest BCUT2D eigenvalue weighted by Gasteiger charge is 2.30. The number of hydrogen-bond acceptors (Lipinski definition) is 3. The molecule has 2 nitrogen and oxygen atoms in total. The minimum Gasteiger partial charge on any atom is -0.308 e. The molecule has 0 saturated heterocycles. The monoisotopic (exact) mass is 790 g/mol. The Morgan fingerprint density at radius 2 is 1.41 bits per heavy atom. The summed E-state index contributed by atoms with van der Waals surface area (Å²) in [6, 6.07) is 51.7. The molecule has 0 N–H and O–H groups in total. The zero-order chi connectivity index (χ0) is 39.5. The molecule has 0 amide bonds. The van der Waals surface area contributed by atoms with Crippen molar-refractivity contribution in [3.8, 4) is 11.1 Å². The summed E-state index contributed by atoms with van der Waals surface area (Å²) in [6.07, 6.45) is 6.42. The van der Waals surface area contributed by atoms with Gasteiger partial charge in [-0.3, -0.25) is 4.98 Å². The van der Waals surface area contributed by atoms with Crippen molar-refractivity contribution in [2.24, 2.45) is 0 Å². The number of hydrogen-bond donors (Lipinski definition) is 0. The van der Waals surface area contributed by atoms with Crippen LogP contribution in [0.5, 0.6) is 0 Å². The van der Waals surface area contributed by atoms with Gasteiger partial charge in [-0.2, -0.15) is 0 Å². The van der Waals surface area contributed by atoms with E-state index in [-0.39, 0.29) is 5.92 Å². The van der Waals surface area contributed by atoms with Crippen molar-refractivity contribution in [2.75, 3.05) is 0 Å². The third kappa shape index (κ3) is 4.94. The van der Waals surface area contributed by atoms with Crippen LogP contribution in [0, 0.1) is 0 Å². The number of nitrogens with zero attached hydrogens (tertiary/aromatic N) is 2. The molecule has 4 aromatic heterocycles. The van der Waals surface area contributed by atoms with E-state index in [1.807, 2.05) is 35.1 Å². The lowest BCUT2D eigenvalue weighted by atomic mass is 9.93. The summed E-state index contributed by atoms with van der Waals surface area (Å²) in [4.78, 5) is 5.79. The molecule has 0 saturated carbocycles. The molecule has 0 aliphatic heterocycles. The van der Waals surface area contributed by atoms with Crippen LogP contribution in [0.3, 0.4) is 0 Å². The Kier molecular flexibility index (Phi) is 7.57. The fourth-order valence-corrected chi connectivity index (χ4v) is 12.7. The standard InChI is InChI=1S/C55H38N2S2/c1-31(2)37-20-13-22-44-51(37)52-41-18-9-8-17-40(41)50-43-29-35(38-21-12-16-36-30-56-27-26-39(36)38)24-25-47(43)59-55(50)53(52)57(44)45-28-32(3)48-42-19-10-11-23-46(42)58-54(48)49(33(45)4)34-14-6-5-7-15-34/h5-30,32H,1H2,2-4H3. The molecule has 1 atom stereocenters. The van der Waals surface area contributed by atoms with E-state index >= 15 is 0 Å². The van der Waals surface area contributed by atoms with Gasteiger partial charge in [-0.15, -0.1) is 22.7 Å².